The highest BCUT2D eigenvalue weighted by atomic mass is 16.2. The molecule has 1 fully saturated rings. The lowest BCUT2D eigenvalue weighted by molar-refractivity contribution is -0.130. The standard InChI is InChI=1S/C38H50N2O3/c1-26-22-32(24-35(28(26)3)37(43)40-20-18-39(19-21-40)29(4)41)12-10-31-11-13-33(23-31)25-36(42)34-16-14-30(15-17-34)9-8-27(2)38(5,6)7/h11,13-17,22,24,27H,8-10,12,18-21,23,25H2,1-7H3. The highest BCUT2D eigenvalue weighted by Gasteiger charge is 2.25. The van der Waals surface area contributed by atoms with Crippen molar-refractivity contribution < 1.29 is 14.4 Å². The number of ketones is 1. The van der Waals surface area contributed by atoms with Gasteiger partial charge in [-0.3, -0.25) is 14.4 Å². The Balaban J connectivity index is 1.27. The van der Waals surface area contributed by atoms with Crippen molar-refractivity contribution in [2.24, 2.45) is 11.3 Å². The molecule has 43 heavy (non-hydrogen) atoms. The van der Waals surface area contributed by atoms with E-state index in [1.807, 2.05) is 24.0 Å². The van der Waals surface area contributed by atoms with Crippen LogP contribution in [0, 0.1) is 25.2 Å². The van der Waals surface area contributed by atoms with E-state index in [-0.39, 0.29) is 17.6 Å². The molecule has 5 heteroatoms. The molecule has 1 unspecified atom stereocenters. The van der Waals surface area contributed by atoms with E-state index in [9.17, 15) is 14.4 Å². The van der Waals surface area contributed by atoms with Crippen LogP contribution in [-0.4, -0.2) is 53.6 Å². The first kappa shape index (κ1) is 32.4. The SMILES string of the molecule is CC(=O)N1CCN(C(=O)c2cc(CCC3=CC=C(CC(=O)c4ccc(CCC(C)C(C)(C)C)cc4)C3)cc(C)c2C)CC1. The number of aryl methyl sites for hydroxylation is 3. The van der Waals surface area contributed by atoms with Crippen molar-refractivity contribution in [1.82, 2.24) is 9.80 Å². The maximum atomic E-state index is 13.4. The minimum atomic E-state index is 0.0562. The maximum absolute atomic E-state index is 13.4. The molecule has 0 spiro atoms. The van der Waals surface area contributed by atoms with Gasteiger partial charge in [0.15, 0.2) is 5.78 Å². The number of nitrogens with zero attached hydrogens (tertiary/aromatic N) is 2. The molecule has 2 aromatic rings. The van der Waals surface area contributed by atoms with E-state index in [1.165, 1.54) is 16.7 Å². The molecule has 1 saturated heterocycles. The Morgan fingerprint density at radius 1 is 0.814 bits per heavy atom. The lowest BCUT2D eigenvalue weighted by Crippen LogP contribution is -2.50. The number of carbonyl (C=O) groups is 3. The van der Waals surface area contributed by atoms with Gasteiger partial charge in [-0.05, 0) is 85.6 Å². The number of hydrogen-bond acceptors (Lipinski definition) is 3. The smallest absolute Gasteiger partial charge is 0.254 e. The molecule has 2 aliphatic rings. The molecule has 2 amide bonds. The van der Waals surface area contributed by atoms with E-state index in [0.717, 1.165) is 59.9 Å². The molecule has 2 aromatic carbocycles. The van der Waals surface area contributed by atoms with Gasteiger partial charge < -0.3 is 9.80 Å². The van der Waals surface area contributed by atoms with Crippen LogP contribution in [0.3, 0.4) is 0 Å². The van der Waals surface area contributed by atoms with Gasteiger partial charge in [0.05, 0.1) is 0 Å². The van der Waals surface area contributed by atoms with Crippen LogP contribution in [0.4, 0.5) is 0 Å². The van der Waals surface area contributed by atoms with Crippen LogP contribution in [0.25, 0.3) is 0 Å². The van der Waals surface area contributed by atoms with Crippen molar-refractivity contribution in [2.45, 2.75) is 87.0 Å². The topological polar surface area (TPSA) is 57.7 Å². The van der Waals surface area contributed by atoms with Crippen LogP contribution >= 0.6 is 0 Å². The van der Waals surface area contributed by atoms with E-state index in [1.54, 1.807) is 11.8 Å². The Labute approximate surface area is 259 Å². The normalized spacial score (nSPS) is 16.2. The molecular weight excluding hydrogens is 532 g/mol. The number of benzene rings is 2. The molecule has 230 valence electrons. The van der Waals surface area contributed by atoms with E-state index in [2.05, 4.69) is 71.0 Å². The monoisotopic (exact) mass is 582 g/mol. The van der Waals surface area contributed by atoms with Gasteiger partial charge in [-0.1, -0.05) is 81.3 Å². The maximum Gasteiger partial charge on any atom is 0.254 e. The Morgan fingerprint density at radius 3 is 2.07 bits per heavy atom. The Kier molecular flexibility index (Phi) is 10.5. The predicted molar refractivity (Wildman–Crippen MR) is 176 cm³/mol. The van der Waals surface area contributed by atoms with Gasteiger partial charge in [0.1, 0.15) is 0 Å². The second kappa shape index (κ2) is 13.9. The summed E-state index contributed by atoms with van der Waals surface area (Å²) in [6.07, 6.45) is 9.54. The number of hydrogen-bond donors (Lipinski definition) is 0. The highest BCUT2D eigenvalue weighted by molar-refractivity contribution is 5.98. The lowest BCUT2D eigenvalue weighted by Gasteiger charge is -2.34. The van der Waals surface area contributed by atoms with Crippen molar-refractivity contribution in [3.8, 4) is 0 Å². The second-order valence-corrected chi connectivity index (χ2v) is 13.8. The minimum absolute atomic E-state index is 0.0562. The zero-order chi connectivity index (χ0) is 31.3. The molecule has 0 radical (unpaired) electrons. The molecule has 0 aromatic heterocycles. The third-order valence-electron chi connectivity index (χ3n) is 9.72. The number of allylic oxidation sites excluding steroid dienone is 4. The van der Waals surface area contributed by atoms with Crippen LogP contribution < -0.4 is 0 Å². The van der Waals surface area contributed by atoms with E-state index in [4.69, 9.17) is 0 Å². The van der Waals surface area contributed by atoms with Crippen LogP contribution in [0.1, 0.15) is 103 Å². The van der Waals surface area contributed by atoms with Crippen molar-refractivity contribution >= 4 is 17.6 Å². The van der Waals surface area contributed by atoms with E-state index >= 15 is 0 Å². The molecule has 1 aliphatic heterocycles. The summed E-state index contributed by atoms with van der Waals surface area (Å²) in [5, 5.41) is 0. The summed E-state index contributed by atoms with van der Waals surface area (Å²) in [7, 11) is 0. The highest BCUT2D eigenvalue weighted by Crippen LogP contribution is 2.30. The molecule has 0 saturated carbocycles. The van der Waals surface area contributed by atoms with Gasteiger partial charge in [-0.15, -0.1) is 0 Å². The first-order chi connectivity index (χ1) is 20.3. The molecule has 4 rings (SSSR count). The number of rotatable bonds is 10. The molecule has 5 nitrogen and oxygen atoms in total. The quantitative estimate of drug-likeness (QED) is 0.270. The predicted octanol–water partition coefficient (Wildman–Crippen LogP) is 7.68. The largest absolute Gasteiger partial charge is 0.339 e. The summed E-state index contributed by atoms with van der Waals surface area (Å²) in [4.78, 5) is 41.8. The van der Waals surface area contributed by atoms with Gasteiger partial charge in [-0.2, -0.15) is 0 Å². The summed E-state index contributed by atoms with van der Waals surface area (Å²) in [5.41, 5.74) is 8.98. The molecule has 0 N–H and O–H groups in total. The number of carbonyl (C=O) groups excluding carboxylic acids is 3. The Bertz CT molecular complexity index is 1400. The first-order valence-corrected chi connectivity index (χ1v) is 16.0. The van der Waals surface area contributed by atoms with Gasteiger partial charge >= 0.3 is 0 Å². The first-order valence-electron chi connectivity index (χ1n) is 16.0. The number of amides is 2. The number of Topliss-reactive ketones (excluding diaryl/α,β-unsaturated/α-hetero) is 1. The molecular formula is C38H50N2O3. The fourth-order valence-corrected chi connectivity index (χ4v) is 5.92. The molecule has 1 atom stereocenters. The molecule has 1 aliphatic carbocycles. The van der Waals surface area contributed by atoms with Gasteiger partial charge in [0.25, 0.3) is 5.91 Å². The molecule has 0 bridgehead atoms. The fourth-order valence-electron chi connectivity index (χ4n) is 5.92. The van der Waals surface area contributed by atoms with Crippen molar-refractivity contribution in [3.63, 3.8) is 0 Å². The summed E-state index contributed by atoms with van der Waals surface area (Å²) < 4.78 is 0. The van der Waals surface area contributed by atoms with Crippen LogP contribution in [0.5, 0.6) is 0 Å². The zero-order valence-corrected chi connectivity index (χ0v) is 27.4. The summed E-state index contributed by atoms with van der Waals surface area (Å²) in [5.74, 6) is 0.943. The van der Waals surface area contributed by atoms with Gasteiger partial charge in [0.2, 0.25) is 5.91 Å². The Morgan fingerprint density at radius 2 is 1.44 bits per heavy atom. The average molecular weight is 583 g/mol. The summed E-state index contributed by atoms with van der Waals surface area (Å²) >= 11 is 0. The van der Waals surface area contributed by atoms with E-state index in [0.29, 0.717) is 43.9 Å². The van der Waals surface area contributed by atoms with Gasteiger partial charge in [-0.25, -0.2) is 0 Å². The van der Waals surface area contributed by atoms with Gasteiger partial charge in [0, 0.05) is 50.7 Å². The van der Waals surface area contributed by atoms with Crippen LogP contribution in [0.2, 0.25) is 0 Å². The third kappa shape index (κ3) is 8.55. The Hall–Kier alpha value is -3.47. The fraction of sp³-hybridized carbons (Fsp3) is 0.500. The summed E-state index contributed by atoms with van der Waals surface area (Å²) in [6.45, 7) is 17.2. The number of piperazine rings is 1. The third-order valence-corrected chi connectivity index (χ3v) is 9.72. The summed E-state index contributed by atoms with van der Waals surface area (Å²) in [6, 6.07) is 12.5. The van der Waals surface area contributed by atoms with Crippen molar-refractivity contribution in [2.75, 3.05) is 26.2 Å². The zero-order valence-electron chi connectivity index (χ0n) is 27.4. The van der Waals surface area contributed by atoms with Crippen molar-refractivity contribution in [3.05, 3.63) is 93.1 Å². The molecule has 1 heterocycles. The second-order valence-electron chi connectivity index (χ2n) is 13.8. The van der Waals surface area contributed by atoms with Crippen molar-refractivity contribution in [1.29, 1.82) is 0 Å². The van der Waals surface area contributed by atoms with E-state index < -0.39 is 0 Å². The van der Waals surface area contributed by atoms with Crippen LogP contribution in [-0.2, 0) is 17.6 Å². The van der Waals surface area contributed by atoms with Crippen LogP contribution in [0.15, 0.2) is 59.7 Å². The average Bonchev–Trinajstić information content (AvgIpc) is 3.42. The minimum Gasteiger partial charge on any atom is -0.339 e. The lowest BCUT2D eigenvalue weighted by atomic mass is 9.79.